The fourth-order valence-corrected chi connectivity index (χ4v) is 2.84. The summed E-state index contributed by atoms with van der Waals surface area (Å²) in [4.78, 5) is 12.3. The summed E-state index contributed by atoms with van der Waals surface area (Å²) >= 11 is 3.42. The molecule has 4 heteroatoms. The molecule has 108 valence electrons. The quantitative estimate of drug-likeness (QED) is 0.853. The first-order chi connectivity index (χ1) is 10.3. The van der Waals surface area contributed by atoms with Crippen molar-refractivity contribution in [1.29, 1.82) is 0 Å². The summed E-state index contributed by atoms with van der Waals surface area (Å²) in [6.45, 7) is 1.24. The zero-order valence-electron chi connectivity index (χ0n) is 11.6. The maximum absolute atomic E-state index is 12.3. The third-order valence-corrected chi connectivity index (χ3v) is 3.98. The molecule has 1 aliphatic heterocycles. The van der Waals surface area contributed by atoms with Crippen molar-refractivity contribution in [3.8, 4) is 0 Å². The van der Waals surface area contributed by atoms with Gasteiger partial charge in [0.2, 0.25) is 0 Å². The molecule has 0 atom stereocenters. The van der Waals surface area contributed by atoms with Gasteiger partial charge < -0.3 is 10.1 Å². The molecule has 0 aliphatic carbocycles. The van der Waals surface area contributed by atoms with Crippen LogP contribution in [0.3, 0.4) is 0 Å². The Labute approximate surface area is 132 Å². The topological polar surface area (TPSA) is 38.3 Å². The van der Waals surface area contributed by atoms with Crippen LogP contribution in [-0.4, -0.2) is 11.2 Å². The SMILES string of the molecule is O=C(Nc1ccc(CCBr)cc1)c1ccc2c(c1)COC2. The largest absolute Gasteiger partial charge is 0.372 e. The maximum Gasteiger partial charge on any atom is 0.255 e. The second-order valence-corrected chi connectivity index (χ2v) is 5.86. The van der Waals surface area contributed by atoms with E-state index in [9.17, 15) is 4.79 Å². The number of benzene rings is 2. The van der Waals surface area contributed by atoms with Gasteiger partial charge in [-0.25, -0.2) is 0 Å². The van der Waals surface area contributed by atoms with E-state index in [4.69, 9.17) is 4.74 Å². The van der Waals surface area contributed by atoms with Gasteiger partial charge in [-0.1, -0.05) is 34.1 Å². The van der Waals surface area contributed by atoms with E-state index >= 15 is 0 Å². The van der Waals surface area contributed by atoms with Crippen molar-refractivity contribution < 1.29 is 9.53 Å². The molecule has 1 heterocycles. The summed E-state index contributed by atoms with van der Waals surface area (Å²) in [5, 5.41) is 3.87. The van der Waals surface area contributed by atoms with Crippen LogP contribution in [0.15, 0.2) is 42.5 Å². The maximum atomic E-state index is 12.3. The lowest BCUT2D eigenvalue weighted by Gasteiger charge is -2.07. The van der Waals surface area contributed by atoms with Gasteiger partial charge in [0.1, 0.15) is 0 Å². The highest BCUT2D eigenvalue weighted by Crippen LogP contribution is 2.21. The standard InChI is InChI=1S/C17H16BrNO2/c18-8-7-12-1-5-16(6-2-12)19-17(20)13-3-4-14-10-21-11-15(14)9-13/h1-6,9H,7-8,10-11H2,(H,19,20). The third kappa shape index (κ3) is 3.34. The second-order valence-electron chi connectivity index (χ2n) is 5.07. The Bertz CT molecular complexity index is 652. The smallest absolute Gasteiger partial charge is 0.255 e. The fourth-order valence-electron chi connectivity index (χ4n) is 2.38. The first-order valence-corrected chi connectivity index (χ1v) is 8.04. The number of nitrogens with one attached hydrogen (secondary N) is 1. The second kappa shape index (κ2) is 6.41. The fraction of sp³-hybridized carbons (Fsp3) is 0.235. The molecule has 0 unspecified atom stereocenters. The van der Waals surface area contributed by atoms with E-state index in [0.29, 0.717) is 18.8 Å². The minimum Gasteiger partial charge on any atom is -0.372 e. The monoisotopic (exact) mass is 345 g/mol. The molecule has 2 aromatic carbocycles. The normalized spacial score (nSPS) is 13.0. The molecule has 0 radical (unpaired) electrons. The van der Waals surface area contributed by atoms with Gasteiger partial charge in [-0.3, -0.25) is 4.79 Å². The first kappa shape index (κ1) is 14.3. The Morgan fingerprint density at radius 3 is 2.62 bits per heavy atom. The predicted octanol–water partition coefficient (Wildman–Crippen LogP) is 3.91. The number of fused-ring (bicyclic) bond motifs is 1. The van der Waals surface area contributed by atoms with Crippen LogP contribution in [-0.2, 0) is 24.4 Å². The average molecular weight is 346 g/mol. The highest BCUT2D eigenvalue weighted by atomic mass is 79.9. The number of amides is 1. The minimum absolute atomic E-state index is 0.0852. The summed E-state index contributed by atoms with van der Waals surface area (Å²) in [6.07, 6.45) is 0.985. The number of halogens is 1. The van der Waals surface area contributed by atoms with Gasteiger partial charge in [-0.2, -0.15) is 0 Å². The van der Waals surface area contributed by atoms with Crippen LogP contribution in [0.1, 0.15) is 27.0 Å². The number of carbonyl (C=O) groups excluding carboxylic acids is 1. The number of carbonyl (C=O) groups is 1. The summed E-state index contributed by atoms with van der Waals surface area (Å²) < 4.78 is 5.37. The van der Waals surface area contributed by atoms with Gasteiger partial charge in [0.15, 0.2) is 0 Å². The Hall–Kier alpha value is -1.65. The summed E-state index contributed by atoms with van der Waals surface area (Å²) in [6, 6.07) is 13.7. The van der Waals surface area contributed by atoms with E-state index < -0.39 is 0 Å². The van der Waals surface area contributed by atoms with Crippen molar-refractivity contribution in [2.75, 3.05) is 10.6 Å². The number of ether oxygens (including phenoxy) is 1. The van der Waals surface area contributed by atoms with E-state index in [1.807, 2.05) is 42.5 Å². The van der Waals surface area contributed by atoms with Gasteiger partial charge in [0.25, 0.3) is 5.91 Å². The van der Waals surface area contributed by atoms with Crippen LogP contribution < -0.4 is 5.32 Å². The molecular weight excluding hydrogens is 330 g/mol. The molecule has 0 bridgehead atoms. The van der Waals surface area contributed by atoms with Crippen molar-refractivity contribution in [2.24, 2.45) is 0 Å². The highest BCUT2D eigenvalue weighted by Gasteiger charge is 2.14. The third-order valence-electron chi connectivity index (χ3n) is 3.58. The van der Waals surface area contributed by atoms with Gasteiger partial charge >= 0.3 is 0 Å². The Kier molecular flexibility index (Phi) is 4.36. The van der Waals surface area contributed by atoms with Crippen molar-refractivity contribution >= 4 is 27.5 Å². The van der Waals surface area contributed by atoms with Gasteiger partial charge in [-0.15, -0.1) is 0 Å². The molecule has 0 saturated heterocycles. The van der Waals surface area contributed by atoms with Gasteiger partial charge in [0.05, 0.1) is 13.2 Å². The zero-order chi connectivity index (χ0) is 14.7. The number of aryl methyl sites for hydroxylation is 1. The molecule has 0 aromatic heterocycles. The first-order valence-electron chi connectivity index (χ1n) is 6.92. The molecule has 3 rings (SSSR count). The number of rotatable bonds is 4. The lowest BCUT2D eigenvalue weighted by atomic mass is 10.1. The van der Waals surface area contributed by atoms with Crippen molar-refractivity contribution in [3.05, 3.63) is 64.7 Å². The van der Waals surface area contributed by atoms with Crippen LogP contribution in [0.2, 0.25) is 0 Å². The van der Waals surface area contributed by atoms with Crippen LogP contribution in [0.25, 0.3) is 0 Å². The number of hydrogen-bond donors (Lipinski definition) is 1. The summed E-state index contributed by atoms with van der Waals surface area (Å²) in [5.74, 6) is -0.0852. The lowest BCUT2D eigenvalue weighted by Crippen LogP contribution is -2.12. The molecule has 0 spiro atoms. The molecule has 3 nitrogen and oxygen atoms in total. The molecule has 21 heavy (non-hydrogen) atoms. The van der Waals surface area contributed by atoms with E-state index in [-0.39, 0.29) is 5.91 Å². The highest BCUT2D eigenvalue weighted by molar-refractivity contribution is 9.09. The summed E-state index contributed by atoms with van der Waals surface area (Å²) in [5.41, 5.74) is 5.01. The summed E-state index contributed by atoms with van der Waals surface area (Å²) in [7, 11) is 0. The molecule has 1 aliphatic rings. The Morgan fingerprint density at radius 1 is 1.10 bits per heavy atom. The Morgan fingerprint density at radius 2 is 1.86 bits per heavy atom. The number of hydrogen-bond acceptors (Lipinski definition) is 2. The van der Waals surface area contributed by atoms with E-state index in [2.05, 4.69) is 21.2 Å². The molecule has 2 aromatic rings. The van der Waals surface area contributed by atoms with Crippen LogP contribution >= 0.6 is 15.9 Å². The van der Waals surface area contributed by atoms with Gasteiger partial charge in [-0.05, 0) is 47.4 Å². The number of anilines is 1. The molecule has 1 N–H and O–H groups in total. The van der Waals surface area contributed by atoms with E-state index in [1.54, 1.807) is 0 Å². The zero-order valence-corrected chi connectivity index (χ0v) is 13.2. The van der Waals surface area contributed by atoms with Crippen LogP contribution in [0.4, 0.5) is 5.69 Å². The van der Waals surface area contributed by atoms with Crippen LogP contribution in [0.5, 0.6) is 0 Å². The number of alkyl halides is 1. The van der Waals surface area contributed by atoms with Gasteiger partial charge in [0, 0.05) is 16.6 Å². The Balaban J connectivity index is 1.71. The van der Waals surface area contributed by atoms with E-state index in [1.165, 1.54) is 11.1 Å². The predicted molar refractivity (Wildman–Crippen MR) is 86.8 cm³/mol. The van der Waals surface area contributed by atoms with E-state index in [0.717, 1.165) is 23.0 Å². The van der Waals surface area contributed by atoms with Crippen LogP contribution in [0, 0.1) is 0 Å². The molecule has 0 fully saturated rings. The molecular formula is C17H16BrNO2. The molecule has 0 saturated carbocycles. The average Bonchev–Trinajstić information content (AvgIpc) is 2.97. The van der Waals surface area contributed by atoms with Crippen molar-refractivity contribution in [2.45, 2.75) is 19.6 Å². The molecule has 1 amide bonds. The lowest BCUT2D eigenvalue weighted by molar-refractivity contribution is 0.102. The minimum atomic E-state index is -0.0852. The van der Waals surface area contributed by atoms with Crippen molar-refractivity contribution in [1.82, 2.24) is 0 Å². The van der Waals surface area contributed by atoms with Crippen molar-refractivity contribution in [3.63, 3.8) is 0 Å².